The van der Waals surface area contributed by atoms with Crippen molar-refractivity contribution in [2.45, 2.75) is 22.5 Å². The predicted molar refractivity (Wildman–Crippen MR) is 152 cm³/mol. The Morgan fingerprint density at radius 1 is 1.02 bits per heavy atom. The van der Waals surface area contributed by atoms with Crippen LogP contribution in [-0.2, 0) is 21.2 Å². The fraction of sp³-hybridized carbons (Fsp3) is 0.143. The van der Waals surface area contributed by atoms with Crippen LogP contribution in [0.5, 0.6) is 11.5 Å². The van der Waals surface area contributed by atoms with Crippen molar-refractivity contribution in [3.8, 4) is 11.5 Å². The Hall–Kier alpha value is -4.42. The molecule has 10 nitrogen and oxygen atoms in total. The van der Waals surface area contributed by atoms with E-state index in [1.165, 1.54) is 33.4 Å². The molecule has 40 heavy (non-hydrogen) atoms. The van der Waals surface area contributed by atoms with Gasteiger partial charge in [0, 0.05) is 23.4 Å². The molecule has 0 radical (unpaired) electrons. The highest BCUT2D eigenvalue weighted by molar-refractivity contribution is 7.99. The molecule has 0 saturated carbocycles. The summed E-state index contributed by atoms with van der Waals surface area (Å²) in [6, 6.07) is 22.2. The zero-order valence-electron chi connectivity index (χ0n) is 21.0. The van der Waals surface area contributed by atoms with E-state index in [2.05, 4.69) is 4.72 Å². The van der Waals surface area contributed by atoms with Gasteiger partial charge in [-0.25, -0.2) is 8.42 Å². The number of carbonyl (C=O) groups excluding carboxylic acids is 1. The quantitative estimate of drug-likeness (QED) is 0.303. The lowest BCUT2D eigenvalue weighted by atomic mass is 10.0. The fourth-order valence-corrected chi connectivity index (χ4v) is 7.29. The lowest BCUT2D eigenvalue weighted by molar-refractivity contribution is -0.108. The van der Waals surface area contributed by atoms with E-state index in [9.17, 15) is 18.0 Å². The van der Waals surface area contributed by atoms with Crippen LogP contribution in [0.15, 0.2) is 93.6 Å². The molecule has 0 bridgehead atoms. The third-order valence-corrected chi connectivity index (χ3v) is 9.28. The number of pyridine rings is 1. The summed E-state index contributed by atoms with van der Waals surface area (Å²) in [5.74, 6) is 1.47. The molecule has 3 aromatic carbocycles. The van der Waals surface area contributed by atoms with E-state index in [1.54, 1.807) is 54.6 Å². The molecule has 1 aromatic heterocycles. The first-order valence-corrected chi connectivity index (χ1v) is 14.8. The van der Waals surface area contributed by atoms with E-state index >= 15 is 0 Å². The van der Waals surface area contributed by atoms with Crippen LogP contribution >= 0.6 is 11.8 Å². The maximum atomic E-state index is 13.8. The number of rotatable bonds is 8. The molecule has 2 aliphatic heterocycles. The van der Waals surface area contributed by atoms with Crippen LogP contribution in [0.25, 0.3) is 0 Å². The first-order chi connectivity index (χ1) is 19.4. The second kappa shape index (κ2) is 10.3. The molecule has 3 heterocycles. The van der Waals surface area contributed by atoms with Crippen molar-refractivity contribution >= 4 is 45.3 Å². The molecular weight excluding hydrogens is 552 g/mol. The van der Waals surface area contributed by atoms with Crippen LogP contribution in [0.4, 0.5) is 17.1 Å². The molecule has 0 spiro atoms. The molecule has 1 amide bonds. The minimum atomic E-state index is -4.05. The van der Waals surface area contributed by atoms with Crippen LogP contribution < -0.4 is 30.4 Å². The number of benzene rings is 3. The molecule has 3 N–H and O–H groups in total. The van der Waals surface area contributed by atoms with Crippen molar-refractivity contribution in [2.75, 3.05) is 27.9 Å². The Bertz CT molecular complexity index is 1760. The van der Waals surface area contributed by atoms with Gasteiger partial charge < -0.3 is 15.2 Å². The lowest BCUT2D eigenvalue weighted by Gasteiger charge is -2.27. The Morgan fingerprint density at radius 3 is 2.45 bits per heavy atom. The molecule has 1 atom stereocenters. The maximum Gasteiger partial charge on any atom is 0.276 e. The Balaban J connectivity index is 1.50. The highest BCUT2D eigenvalue weighted by Gasteiger charge is 2.35. The SMILES string of the molecule is Nc1c(Cc2ccc3c(c2)OCO3)c(NS(=O)(=O)c2ccccc2)c2n(c1=O)[C@@H](N(C=O)c1ccccc1)CS2. The number of thioether (sulfide) groups is 1. The van der Waals surface area contributed by atoms with Crippen molar-refractivity contribution in [1.82, 2.24) is 4.57 Å². The van der Waals surface area contributed by atoms with Crippen LogP contribution in [0, 0.1) is 0 Å². The zero-order chi connectivity index (χ0) is 27.9. The number of nitrogens with one attached hydrogen (secondary N) is 1. The van der Waals surface area contributed by atoms with Crippen LogP contribution in [-0.4, -0.2) is 31.9 Å². The van der Waals surface area contributed by atoms with Gasteiger partial charge in [-0.15, -0.1) is 11.8 Å². The second-order valence-corrected chi connectivity index (χ2v) is 11.9. The van der Waals surface area contributed by atoms with Crippen molar-refractivity contribution < 1.29 is 22.7 Å². The van der Waals surface area contributed by atoms with Crippen molar-refractivity contribution in [2.24, 2.45) is 0 Å². The van der Waals surface area contributed by atoms with E-state index in [0.29, 0.717) is 39.9 Å². The average molecular weight is 577 g/mol. The summed E-state index contributed by atoms with van der Waals surface area (Å²) in [5, 5.41) is 0.377. The number of anilines is 3. The summed E-state index contributed by atoms with van der Waals surface area (Å²) in [7, 11) is -4.05. The number of fused-ring (bicyclic) bond motifs is 2. The van der Waals surface area contributed by atoms with E-state index in [1.807, 2.05) is 12.1 Å². The third-order valence-electron chi connectivity index (χ3n) is 6.77. The maximum absolute atomic E-state index is 13.8. The molecule has 0 aliphatic carbocycles. The number of para-hydroxylation sites is 1. The highest BCUT2D eigenvalue weighted by atomic mass is 32.2. The number of nitrogens with zero attached hydrogens (tertiary/aromatic N) is 2. The van der Waals surface area contributed by atoms with Gasteiger partial charge in [-0.1, -0.05) is 42.5 Å². The number of nitrogen functional groups attached to an aromatic ring is 1. The van der Waals surface area contributed by atoms with E-state index in [0.717, 1.165) is 5.56 Å². The second-order valence-electron chi connectivity index (χ2n) is 9.17. The standard InChI is InChI=1S/C28H24N4O6S2/c29-25-21(13-18-11-12-22-23(14-18)38-17-37-22)26(30-40(35,36)20-9-5-2-6-10-20)28-32(27(25)34)24(15-39-28)31(16-33)19-7-3-1-4-8-19/h1-12,14,16,24,30H,13,15,17,29H2/t24-/m1/s1. The third kappa shape index (κ3) is 4.54. The zero-order valence-corrected chi connectivity index (χ0v) is 22.7. The smallest absolute Gasteiger partial charge is 0.276 e. The van der Waals surface area contributed by atoms with E-state index in [4.69, 9.17) is 15.2 Å². The molecule has 0 saturated heterocycles. The predicted octanol–water partition coefficient (Wildman–Crippen LogP) is 3.82. The van der Waals surface area contributed by atoms with Gasteiger partial charge in [0.25, 0.3) is 15.6 Å². The number of hydrogen-bond acceptors (Lipinski definition) is 8. The van der Waals surface area contributed by atoms with Gasteiger partial charge in [-0.2, -0.15) is 0 Å². The van der Waals surface area contributed by atoms with E-state index in [-0.39, 0.29) is 29.5 Å². The van der Waals surface area contributed by atoms with Gasteiger partial charge in [0.05, 0.1) is 10.6 Å². The number of amides is 1. The Kier molecular flexibility index (Phi) is 6.64. The lowest BCUT2D eigenvalue weighted by Crippen LogP contribution is -2.38. The summed E-state index contributed by atoms with van der Waals surface area (Å²) in [5.41, 5.74) is 7.73. The molecule has 0 fully saturated rings. The number of sulfonamides is 1. The summed E-state index contributed by atoms with van der Waals surface area (Å²) in [4.78, 5) is 27.5. The summed E-state index contributed by atoms with van der Waals surface area (Å²) < 4.78 is 42.0. The highest BCUT2D eigenvalue weighted by Crippen LogP contribution is 2.44. The van der Waals surface area contributed by atoms with Crippen molar-refractivity contribution in [3.63, 3.8) is 0 Å². The normalized spacial score (nSPS) is 15.4. The molecule has 6 rings (SSSR count). The van der Waals surface area contributed by atoms with Crippen LogP contribution in [0.2, 0.25) is 0 Å². The van der Waals surface area contributed by atoms with E-state index < -0.39 is 21.7 Å². The topological polar surface area (TPSA) is 133 Å². The molecule has 12 heteroatoms. The minimum absolute atomic E-state index is 0.0610. The van der Waals surface area contributed by atoms with Gasteiger partial charge in [0.1, 0.15) is 16.9 Å². The van der Waals surface area contributed by atoms with Gasteiger partial charge >= 0.3 is 0 Å². The number of ether oxygens (including phenoxy) is 2. The Labute approximate surface area is 234 Å². The molecule has 2 aliphatic rings. The molecule has 204 valence electrons. The molecular formula is C28H24N4O6S2. The number of carbonyl (C=O) groups is 1. The largest absolute Gasteiger partial charge is 0.454 e. The first kappa shape index (κ1) is 25.8. The van der Waals surface area contributed by atoms with Gasteiger partial charge in [0.15, 0.2) is 11.5 Å². The molecule has 4 aromatic rings. The number of nitrogens with two attached hydrogens (primary N) is 1. The Morgan fingerprint density at radius 2 is 1.73 bits per heavy atom. The molecule has 0 unspecified atom stereocenters. The van der Waals surface area contributed by atoms with Crippen molar-refractivity contribution in [3.05, 3.63) is 100 Å². The number of hydrogen-bond donors (Lipinski definition) is 2. The van der Waals surface area contributed by atoms with Crippen LogP contribution in [0.1, 0.15) is 17.3 Å². The van der Waals surface area contributed by atoms with Gasteiger partial charge in [0.2, 0.25) is 13.2 Å². The number of aromatic nitrogens is 1. The average Bonchev–Trinajstić information content (AvgIpc) is 3.62. The summed E-state index contributed by atoms with van der Waals surface area (Å²) in [6.45, 7) is 0.107. The van der Waals surface area contributed by atoms with Gasteiger partial charge in [-0.3, -0.25) is 23.8 Å². The monoisotopic (exact) mass is 576 g/mol. The van der Waals surface area contributed by atoms with Crippen molar-refractivity contribution in [1.29, 1.82) is 0 Å². The summed E-state index contributed by atoms with van der Waals surface area (Å²) in [6.07, 6.45) is 0.0980. The summed E-state index contributed by atoms with van der Waals surface area (Å²) >= 11 is 1.28. The first-order valence-electron chi connectivity index (χ1n) is 12.3. The van der Waals surface area contributed by atoms with Gasteiger partial charge in [-0.05, 0) is 42.0 Å². The fourth-order valence-electron chi connectivity index (χ4n) is 4.82. The minimum Gasteiger partial charge on any atom is -0.454 e. The van der Waals surface area contributed by atoms with Crippen LogP contribution in [0.3, 0.4) is 0 Å².